The third kappa shape index (κ3) is 3.51. The fourth-order valence-electron chi connectivity index (χ4n) is 2.78. The van der Waals surface area contributed by atoms with E-state index in [-0.39, 0.29) is 0 Å². The van der Waals surface area contributed by atoms with E-state index >= 15 is 0 Å². The van der Waals surface area contributed by atoms with Crippen LogP contribution in [0.3, 0.4) is 0 Å². The zero-order valence-corrected chi connectivity index (χ0v) is 14.5. The van der Waals surface area contributed by atoms with Crippen molar-refractivity contribution in [1.29, 1.82) is 0 Å². The van der Waals surface area contributed by atoms with Crippen LogP contribution in [0.5, 0.6) is 0 Å². The maximum atomic E-state index is 6.18. The minimum Gasteiger partial charge on any atom is -0.336 e. The number of aromatic nitrogens is 3. The lowest BCUT2D eigenvalue weighted by atomic mass is 10.1. The number of fused-ring (bicyclic) bond motifs is 1. The van der Waals surface area contributed by atoms with Crippen LogP contribution in [-0.2, 0) is 12.2 Å². The minimum atomic E-state index is 0.681. The predicted molar refractivity (Wildman–Crippen MR) is 103 cm³/mol. The Morgan fingerprint density at radius 1 is 0.800 bits per heavy atom. The summed E-state index contributed by atoms with van der Waals surface area (Å²) < 4.78 is 1.60. The summed E-state index contributed by atoms with van der Waals surface area (Å²) in [6.07, 6.45) is 0.681. The van der Waals surface area contributed by atoms with Crippen molar-refractivity contribution in [2.24, 2.45) is 0 Å². The van der Waals surface area contributed by atoms with Gasteiger partial charge in [-0.25, -0.2) is 4.68 Å². The molecule has 0 saturated heterocycles. The summed E-state index contributed by atoms with van der Waals surface area (Å²) in [5, 5.41) is 11.7. The van der Waals surface area contributed by atoms with Gasteiger partial charge < -0.3 is 5.84 Å². The molecule has 5 heteroatoms. The first-order chi connectivity index (χ1) is 12.3. The third-order valence-electron chi connectivity index (χ3n) is 4.12. The zero-order chi connectivity index (χ0) is 17.1. The Labute approximate surface area is 150 Å². The monoisotopic (exact) mass is 346 g/mol. The third-order valence-corrected chi connectivity index (χ3v) is 5.14. The molecule has 0 aliphatic rings. The summed E-state index contributed by atoms with van der Waals surface area (Å²) in [7, 11) is 0. The van der Waals surface area contributed by atoms with Crippen LogP contribution in [0, 0.1) is 0 Å². The zero-order valence-electron chi connectivity index (χ0n) is 13.7. The lowest BCUT2D eigenvalue weighted by Gasteiger charge is -2.05. The molecular formula is C20H18N4S. The van der Waals surface area contributed by atoms with E-state index in [0.29, 0.717) is 6.42 Å². The quantitative estimate of drug-likeness (QED) is 0.438. The molecule has 4 aromatic rings. The van der Waals surface area contributed by atoms with Crippen LogP contribution in [0.2, 0.25) is 0 Å². The molecular weight excluding hydrogens is 328 g/mol. The van der Waals surface area contributed by atoms with Gasteiger partial charge in [0.15, 0.2) is 5.82 Å². The van der Waals surface area contributed by atoms with E-state index in [9.17, 15) is 0 Å². The predicted octanol–water partition coefficient (Wildman–Crippen LogP) is 4.03. The van der Waals surface area contributed by atoms with E-state index in [1.807, 2.05) is 18.2 Å². The fourth-order valence-corrected chi connectivity index (χ4v) is 3.60. The smallest absolute Gasteiger partial charge is 0.210 e. The van der Waals surface area contributed by atoms with Crippen molar-refractivity contribution in [1.82, 2.24) is 14.9 Å². The average Bonchev–Trinajstić information content (AvgIpc) is 3.00. The van der Waals surface area contributed by atoms with Crippen LogP contribution in [-0.4, -0.2) is 14.9 Å². The maximum Gasteiger partial charge on any atom is 0.210 e. The number of nitrogens with zero attached hydrogens (tertiary/aromatic N) is 3. The van der Waals surface area contributed by atoms with Crippen LogP contribution >= 0.6 is 11.8 Å². The highest BCUT2D eigenvalue weighted by atomic mass is 32.2. The van der Waals surface area contributed by atoms with Gasteiger partial charge in [0.05, 0.1) is 0 Å². The van der Waals surface area contributed by atoms with Crippen molar-refractivity contribution in [3.8, 4) is 0 Å². The highest BCUT2D eigenvalue weighted by Gasteiger charge is 2.11. The molecule has 0 amide bonds. The first-order valence-corrected chi connectivity index (χ1v) is 9.12. The molecule has 0 aliphatic carbocycles. The Morgan fingerprint density at radius 3 is 2.40 bits per heavy atom. The van der Waals surface area contributed by atoms with E-state index in [4.69, 9.17) is 5.84 Å². The lowest BCUT2D eigenvalue weighted by Crippen LogP contribution is -2.14. The van der Waals surface area contributed by atoms with E-state index in [1.165, 1.54) is 21.9 Å². The van der Waals surface area contributed by atoms with Gasteiger partial charge in [0, 0.05) is 12.2 Å². The minimum absolute atomic E-state index is 0.681. The van der Waals surface area contributed by atoms with Crippen LogP contribution in [0.1, 0.15) is 17.0 Å². The Kier molecular flexibility index (Phi) is 4.39. The van der Waals surface area contributed by atoms with Gasteiger partial charge >= 0.3 is 0 Å². The van der Waals surface area contributed by atoms with E-state index < -0.39 is 0 Å². The second-order valence-electron chi connectivity index (χ2n) is 5.90. The maximum absolute atomic E-state index is 6.18. The van der Waals surface area contributed by atoms with Crippen molar-refractivity contribution < 1.29 is 0 Å². The Bertz CT molecular complexity index is 995. The number of hydrogen-bond donors (Lipinski definition) is 1. The van der Waals surface area contributed by atoms with Crippen LogP contribution in [0.25, 0.3) is 10.8 Å². The number of benzene rings is 3. The van der Waals surface area contributed by atoms with Gasteiger partial charge in [-0.2, -0.15) is 0 Å². The van der Waals surface area contributed by atoms with Gasteiger partial charge in [0.25, 0.3) is 0 Å². The van der Waals surface area contributed by atoms with Crippen molar-refractivity contribution in [3.63, 3.8) is 0 Å². The molecule has 4 rings (SSSR count). The molecule has 25 heavy (non-hydrogen) atoms. The van der Waals surface area contributed by atoms with Gasteiger partial charge in [0.2, 0.25) is 5.16 Å². The first-order valence-electron chi connectivity index (χ1n) is 8.13. The van der Waals surface area contributed by atoms with Gasteiger partial charge in [-0.3, -0.25) is 0 Å². The second-order valence-corrected chi connectivity index (χ2v) is 6.84. The molecule has 0 radical (unpaired) electrons. The molecule has 0 bridgehead atoms. The molecule has 124 valence electrons. The molecule has 1 heterocycles. The number of nitrogen functional groups attached to an aromatic ring is 1. The summed E-state index contributed by atoms with van der Waals surface area (Å²) >= 11 is 1.60. The molecule has 0 atom stereocenters. The van der Waals surface area contributed by atoms with Crippen LogP contribution in [0.4, 0.5) is 0 Å². The highest BCUT2D eigenvalue weighted by Crippen LogP contribution is 2.23. The first kappa shape index (κ1) is 15.7. The Morgan fingerprint density at radius 2 is 1.56 bits per heavy atom. The van der Waals surface area contributed by atoms with E-state index in [1.54, 1.807) is 16.4 Å². The standard InChI is InChI=1S/C20H18N4S/c21-24-19(13-15-6-2-1-3-7-15)22-23-20(24)25-14-16-10-11-17-8-4-5-9-18(17)12-16/h1-12H,13-14,21H2. The summed E-state index contributed by atoms with van der Waals surface area (Å²) in [6.45, 7) is 0. The van der Waals surface area contributed by atoms with Crippen LogP contribution in [0.15, 0.2) is 78.0 Å². The van der Waals surface area contributed by atoms with Gasteiger partial charge in [-0.1, -0.05) is 84.6 Å². The number of nitrogens with two attached hydrogens (primary N) is 1. The fraction of sp³-hybridized carbons (Fsp3) is 0.100. The largest absolute Gasteiger partial charge is 0.336 e. The SMILES string of the molecule is Nn1c(Cc2ccccc2)nnc1SCc1ccc2ccccc2c1. The molecule has 2 N–H and O–H groups in total. The summed E-state index contributed by atoms with van der Waals surface area (Å²) in [5.41, 5.74) is 2.42. The van der Waals surface area contributed by atoms with Crippen molar-refractivity contribution >= 4 is 22.5 Å². The summed E-state index contributed by atoms with van der Waals surface area (Å²) in [5.74, 6) is 7.76. The number of thioether (sulfide) groups is 1. The topological polar surface area (TPSA) is 56.7 Å². The summed E-state index contributed by atoms with van der Waals surface area (Å²) in [4.78, 5) is 0. The Balaban J connectivity index is 1.47. The van der Waals surface area contributed by atoms with Crippen molar-refractivity contribution in [2.75, 3.05) is 5.84 Å². The van der Waals surface area contributed by atoms with E-state index in [2.05, 4.69) is 64.8 Å². The Hall–Kier alpha value is -2.79. The lowest BCUT2D eigenvalue weighted by molar-refractivity contribution is 0.805. The van der Waals surface area contributed by atoms with Crippen molar-refractivity contribution in [3.05, 3.63) is 89.7 Å². The second kappa shape index (κ2) is 6.99. The highest BCUT2D eigenvalue weighted by molar-refractivity contribution is 7.98. The average molecular weight is 346 g/mol. The molecule has 0 fully saturated rings. The molecule has 0 unspecified atom stereocenters. The molecule has 4 nitrogen and oxygen atoms in total. The van der Waals surface area contributed by atoms with E-state index in [0.717, 1.165) is 16.7 Å². The van der Waals surface area contributed by atoms with Gasteiger partial charge in [0.1, 0.15) is 0 Å². The molecule has 1 aromatic heterocycles. The van der Waals surface area contributed by atoms with Gasteiger partial charge in [-0.15, -0.1) is 10.2 Å². The number of rotatable bonds is 5. The van der Waals surface area contributed by atoms with Crippen LogP contribution < -0.4 is 5.84 Å². The van der Waals surface area contributed by atoms with Gasteiger partial charge in [-0.05, 0) is 21.9 Å². The van der Waals surface area contributed by atoms with Crippen molar-refractivity contribution in [2.45, 2.75) is 17.3 Å². The number of hydrogen-bond acceptors (Lipinski definition) is 4. The molecule has 0 spiro atoms. The molecule has 0 saturated carbocycles. The summed E-state index contributed by atoms with van der Waals surface area (Å²) in [6, 6.07) is 25.1. The molecule has 0 aliphatic heterocycles. The molecule has 3 aromatic carbocycles. The normalized spacial score (nSPS) is 11.0.